The number of cyclic esters (lactones) is 1. The van der Waals surface area contributed by atoms with Crippen LogP contribution in [0.4, 0.5) is 0 Å². The number of hydrogen-bond acceptors (Lipinski definition) is 4. The molecule has 0 saturated heterocycles. The minimum absolute atomic E-state index is 0.0850. The zero-order chi connectivity index (χ0) is 14.3. The molecule has 0 aromatic rings. The maximum absolute atomic E-state index is 11.2. The topological polar surface area (TPSA) is 66.8 Å². The van der Waals surface area contributed by atoms with Gasteiger partial charge in [-0.3, -0.25) is 0 Å². The summed E-state index contributed by atoms with van der Waals surface area (Å²) in [7, 11) is 0. The van der Waals surface area contributed by atoms with Gasteiger partial charge in [0.25, 0.3) is 0 Å². The zero-order valence-electron chi connectivity index (χ0n) is 11.6. The molecule has 0 amide bonds. The minimum Gasteiger partial charge on any atom is -0.458 e. The lowest BCUT2D eigenvalue weighted by Crippen LogP contribution is -2.09. The number of allylic oxidation sites excluding steroid dienone is 2. The van der Waals surface area contributed by atoms with Gasteiger partial charge >= 0.3 is 5.97 Å². The number of esters is 1. The highest BCUT2D eigenvalue weighted by atomic mass is 16.5. The number of carbonyl (C=O) groups is 1. The summed E-state index contributed by atoms with van der Waals surface area (Å²) >= 11 is 0. The SMILES string of the molecule is C/C(=C\CC/C(C)=C/C(O)CC1=CCOC1=O)CO. The Balaban J connectivity index is 2.38. The van der Waals surface area contributed by atoms with Crippen LogP contribution in [0.2, 0.25) is 0 Å². The molecule has 1 aliphatic heterocycles. The van der Waals surface area contributed by atoms with Crippen LogP contribution in [0.3, 0.4) is 0 Å². The summed E-state index contributed by atoms with van der Waals surface area (Å²) in [6.07, 6.45) is 6.79. The van der Waals surface area contributed by atoms with Gasteiger partial charge < -0.3 is 14.9 Å². The molecule has 106 valence electrons. The summed E-state index contributed by atoms with van der Waals surface area (Å²) in [5, 5.41) is 18.7. The Morgan fingerprint density at radius 1 is 1.47 bits per heavy atom. The van der Waals surface area contributed by atoms with E-state index in [1.807, 2.05) is 19.9 Å². The Morgan fingerprint density at radius 3 is 2.79 bits per heavy atom. The number of hydrogen-bond donors (Lipinski definition) is 2. The predicted molar refractivity (Wildman–Crippen MR) is 73.5 cm³/mol. The first-order valence-corrected chi connectivity index (χ1v) is 6.51. The normalized spacial score (nSPS) is 18.3. The van der Waals surface area contributed by atoms with E-state index < -0.39 is 6.10 Å². The van der Waals surface area contributed by atoms with E-state index in [1.54, 1.807) is 12.2 Å². The van der Waals surface area contributed by atoms with Crippen molar-refractivity contribution in [2.45, 2.75) is 39.2 Å². The molecule has 4 heteroatoms. The van der Waals surface area contributed by atoms with E-state index in [-0.39, 0.29) is 12.6 Å². The number of aliphatic hydroxyl groups is 2. The van der Waals surface area contributed by atoms with Gasteiger partial charge in [0.1, 0.15) is 6.61 Å². The number of rotatable bonds is 7. The monoisotopic (exact) mass is 266 g/mol. The van der Waals surface area contributed by atoms with Crippen molar-refractivity contribution >= 4 is 5.97 Å². The van der Waals surface area contributed by atoms with Crippen molar-refractivity contribution in [1.29, 1.82) is 0 Å². The van der Waals surface area contributed by atoms with E-state index in [0.717, 1.165) is 24.0 Å². The number of aliphatic hydroxyl groups excluding tert-OH is 2. The lowest BCUT2D eigenvalue weighted by Gasteiger charge is -2.07. The van der Waals surface area contributed by atoms with Gasteiger partial charge in [-0.2, -0.15) is 0 Å². The quantitative estimate of drug-likeness (QED) is 0.545. The van der Waals surface area contributed by atoms with E-state index in [0.29, 0.717) is 18.6 Å². The molecule has 0 spiro atoms. The van der Waals surface area contributed by atoms with Crippen molar-refractivity contribution in [2.75, 3.05) is 13.2 Å². The van der Waals surface area contributed by atoms with Crippen LogP contribution in [-0.2, 0) is 9.53 Å². The van der Waals surface area contributed by atoms with E-state index in [2.05, 4.69) is 0 Å². The van der Waals surface area contributed by atoms with Crippen LogP contribution in [0.25, 0.3) is 0 Å². The standard InChI is InChI=1S/C15H22O4/c1-11(4-3-5-12(2)10-16)8-14(17)9-13-6-7-19-15(13)18/h5-6,8,14,16-17H,3-4,7,9-10H2,1-2H3/b11-8+,12-5+. The van der Waals surface area contributed by atoms with Crippen LogP contribution in [0.15, 0.2) is 34.9 Å². The van der Waals surface area contributed by atoms with Gasteiger partial charge in [0.05, 0.1) is 12.7 Å². The first kappa shape index (κ1) is 15.7. The van der Waals surface area contributed by atoms with E-state index >= 15 is 0 Å². The third-order valence-electron chi connectivity index (χ3n) is 2.99. The van der Waals surface area contributed by atoms with Crippen molar-refractivity contribution in [3.8, 4) is 0 Å². The van der Waals surface area contributed by atoms with Crippen LogP contribution in [0, 0.1) is 0 Å². The maximum atomic E-state index is 11.2. The fourth-order valence-corrected chi connectivity index (χ4v) is 1.87. The van der Waals surface area contributed by atoms with Crippen molar-refractivity contribution < 1.29 is 19.7 Å². The summed E-state index contributed by atoms with van der Waals surface area (Å²) < 4.78 is 4.78. The molecular formula is C15H22O4. The van der Waals surface area contributed by atoms with E-state index in [4.69, 9.17) is 9.84 Å². The van der Waals surface area contributed by atoms with Crippen LogP contribution in [0.1, 0.15) is 33.1 Å². The molecule has 4 nitrogen and oxygen atoms in total. The smallest absolute Gasteiger partial charge is 0.334 e. The molecule has 1 aliphatic rings. The van der Waals surface area contributed by atoms with Gasteiger partial charge in [-0.1, -0.05) is 23.3 Å². The van der Waals surface area contributed by atoms with Crippen molar-refractivity contribution in [1.82, 2.24) is 0 Å². The van der Waals surface area contributed by atoms with Crippen LogP contribution >= 0.6 is 0 Å². The van der Waals surface area contributed by atoms with Gasteiger partial charge in [0.15, 0.2) is 0 Å². The van der Waals surface area contributed by atoms with Crippen molar-refractivity contribution in [3.05, 3.63) is 34.9 Å². The maximum Gasteiger partial charge on any atom is 0.334 e. The molecule has 19 heavy (non-hydrogen) atoms. The van der Waals surface area contributed by atoms with Gasteiger partial charge in [-0.15, -0.1) is 0 Å². The second kappa shape index (κ2) is 7.92. The predicted octanol–water partition coefficient (Wildman–Crippen LogP) is 1.89. The van der Waals surface area contributed by atoms with Gasteiger partial charge in [-0.25, -0.2) is 4.79 Å². The van der Waals surface area contributed by atoms with Crippen LogP contribution < -0.4 is 0 Å². The first-order chi connectivity index (χ1) is 9.02. The Hall–Kier alpha value is -1.39. The number of ether oxygens (including phenoxy) is 1. The molecule has 0 aliphatic carbocycles. The molecule has 0 fully saturated rings. The molecule has 0 bridgehead atoms. The lowest BCUT2D eigenvalue weighted by atomic mass is 10.0. The summed E-state index contributed by atoms with van der Waals surface area (Å²) in [4.78, 5) is 11.2. The second-order valence-corrected chi connectivity index (χ2v) is 4.86. The van der Waals surface area contributed by atoms with E-state index in [9.17, 15) is 9.90 Å². The highest BCUT2D eigenvalue weighted by molar-refractivity contribution is 5.90. The third kappa shape index (κ3) is 5.85. The molecule has 1 rings (SSSR count). The molecule has 1 unspecified atom stereocenters. The zero-order valence-corrected chi connectivity index (χ0v) is 11.6. The Bertz CT molecular complexity index is 404. The molecule has 2 N–H and O–H groups in total. The van der Waals surface area contributed by atoms with Crippen LogP contribution in [0.5, 0.6) is 0 Å². The fourth-order valence-electron chi connectivity index (χ4n) is 1.87. The highest BCUT2D eigenvalue weighted by Gasteiger charge is 2.18. The fraction of sp³-hybridized carbons (Fsp3) is 0.533. The molecule has 0 aromatic carbocycles. The summed E-state index contributed by atoms with van der Waals surface area (Å²) in [5.74, 6) is -0.327. The van der Waals surface area contributed by atoms with Crippen LogP contribution in [-0.4, -0.2) is 35.5 Å². The molecule has 1 heterocycles. The molecule has 0 aromatic heterocycles. The van der Waals surface area contributed by atoms with Gasteiger partial charge in [0, 0.05) is 12.0 Å². The second-order valence-electron chi connectivity index (χ2n) is 4.86. The summed E-state index contributed by atoms with van der Waals surface area (Å²) in [5.41, 5.74) is 2.57. The average molecular weight is 266 g/mol. The molecule has 1 atom stereocenters. The molecule has 0 saturated carbocycles. The van der Waals surface area contributed by atoms with Gasteiger partial charge in [-0.05, 0) is 32.8 Å². The highest BCUT2D eigenvalue weighted by Crippen LogP contribution is 2.16. The Labute approximate surface area is 114 Å². The average Bonchev–Trinajstić information content (AvgIpc) is 2.74. The summed E-state index contributed by atoms with van der Waals surface area (Å²) in [6, 6.07) is 0. The van der Waals surface area contributed by atoms with Gasteiger partial charge in [0.2, 0.25) is 0 Å². The Morgan fingerprint density at radius 2 is 2.21 bits per heavy atom. The first-order valence-electron chi connectivity index (χ1n) is 6.51. The van der Waals surface area contributed by atoms with E-state index in [1.165, 1.54) is 0 Å². The van der Waals surface area contributed by atoms with Crippen molar-refractivity contribution in [3.63, 3.8) is 0 Å². The lowest BCUT2D eigenvalue weighted by molar-refractivity contribution is -0.136. The molecular weight excluding hydrogens is 244 g/mol. The minimum atomic E-state index is -0.653. The largest absolute Gasteiger partial charge is 0.458 e. The van der Waals surface area contributed by atoms with Crippen molar-refractivity contribution in [2.24, 2.45) is 0 Å². The summed E-state index contributed by atoms with van der Waals surface area (Å²) in [6.45, 7) is 4.23. The molecule has 0 radical (unpaired) electrons. The number of carbonyl (C=O) groups excluding carboxylic acids is 1. The Kier molecular flexibility index (Phi) is 6.53. The third-order valence-corrected chi connectivity index (χ3v) is 2.99.